The van der Waals surface area contributed by atoms with E-state index < -0.39 is 0 Å². The minimum Gasteiger partial charge on any atom is -0.359 e. The van der Waals surface area contributed by atoms with Crippen molar-refractivity contribution in [1.29, 1.82) is 0 Å². The average molecular weight is 175 g/mol. The Morgan fingerprint density at radius 3 is 1.92 bits per heavy atom. The highest BCUT2D eigenvalue weighted by Crippen LogP contribution is 1.89. The van der Waals surface area contributed by atoms with Crippen LogP contribution in [0.2, 0.25) is 0 Å². The molecule has 0 aliphatic rings. The van der Waals surface area contributed by atoms with Crippen LogP contribution in [-0.4, -0.2) is 13.0 Å². The third kappa shape index (κ3) is 34.0. The van der Waals surface area contributed by atoms with E-state index in [-0.39, 0.29) is 0 Å². The topological polar surface area (TPSA) is 29.1 Å². The summed E-state index contributed by atoms with van der Waals surface area (Å²) >= 11 is 0. The zero-order valence-corrected chi connectivity index (χ0v) is 9.31. The Bertz CT molecular complexity index is 55.8. The van der Waals surface area contributed by atoms with Gasteiger partial charge in [-0.2, -0.15) is 0 Å². The Hall–Kier alpha value is -0.530. The Kier molecular flexibility index (Phi) is 45.8. The molecule has 0 aliphatic heterocycles. The van der Waals surface area contributed by atoms with Crippen molar-refractivity contribution < 1.29 is 4.79 Å². The highest BCUT2D eigenvalue weighted by Gasteiger charge is 1.81. The van der Waals surface area contributed by atoms with Crippen LogP contribution in [-0.2, 0) is 4.79 Å². The number of hydrogen-bond acceptors (Lipinski definition) is 1. The summed E-state index contributed by atoms with van der Waals surface area (Å²) in [6.45, 7) is 11.0. The SMILES string of the molecule is CC.CC.CCCCCNC=O. The molecule has 1 N–H and O–H groups in total. The van der Waals surface area contributed by atoms with E-state index in [1.807, 2.05) is 27.7 Å². The van der Waals surface area contributed by atoms with Crippen molar-refractivity contribution in [3.8, 4) is 0 Å². The first-order valence-electron chi connectivity index (χ1n) is 5.09. The molecule has 0 heterocycles. The highest BCUT2D eigenvalue weighted by molar-refractivity contribution is 5.45. The number of nitrogens with one attached hydrogen (secondary N) is 1. The molecule has 0 fully saturated rings. The number of unbranched alkanes of at least 4 members (excludes halogenated alkanes) is 2. The average Bonchev–Trinajstić information content (AvgIpc) is 2.19. The molecule has 0 aromatic rings. The number of hydrogen-bond donors (Lipinski definition) is 1. The van der Waals surface area contributed by atoms with Gasteiger partial charge in [0.1, 0.15) is 0 Å². The predicted molar refractivity (Wildman–Crippen MR) is 56.3 cm³/mol. The third-order valence-electron chi connectivity index (χ3n) is 1.01. The fourth-order valence-electron chi connectivity index (χ4n) is 0.536. The van der Waals surface area contributed by atoms with Gasteiger partial charge in [0.2, 0.25) is 6.41 Å². The maximum atomic E-state index is 9.66. The van der Waals surface area contributed by atoms with Gasteiger partial charge in [-0.3, -0.25) is 4.79 Å². The van der Waals surface area contributed by atoms with Crippen molar-refractivity contribution >= 4 is 6.41 Å². The molecule has 76 valence electrons. The van der Waals surface area contributed by atoms with E-state index in [4.69, 9.17) is 0 Å². The van der Waals surface area contributed by atoms with Crippen LogP contribution >= 0.6 is 0 Å². The van der Waals surface area contributed by atoms with Crippen LogP contribution in [0.15, 0.2) is 0 Å². The molecule has 0 aromatic heterocycles. The van der Waals surface area contributed by atoms with Gasteiger partial charge in [0.15, 0.2) is 0 Å². The molecular formula is C10H25NO. The van der Waals surface area contributed by atoms with Gasteiger partial charge in [-0.15, -0.1) is 0 Å². The fraction of sp³-hybridized carbons (Fsp3) is 0.900. The lowest BCUT2D eigenvalue weighted by atomic mass is 10.2. The maximum Gasteiger partial charge on any atom is 0.207 e. The molecule has 0 spiro atoms. The van der Waals surface area contributed by atoms with E-state index in [0.717, 1.165) is 19.4 Å². The van der Waals surface area contributed by atoms with Crippen molar-refractivity contribution in [2.75, 3.05) is 6.54 Å². The monoisotopic (exact) mass is 175 g/mol. The first-order valence-corrected chi connectivity index (χ1v) is 5.09. The van der Waals surface area contributed by atoms with Crippen LogP contribution in [0.25, 0.3) is 0 Å². The summed E-state index contributed by atoms with van der Waals surface area (Å²) in [7, 11) is 0. The summed E-state index contributed by atoms with van der Waals surface area (Å²) in [5, 5.41) is 2.60. The molecule has 12 heavy (non-hydrogen) atoms. The van der Waals surface area contributed by atoms with Gasteiger partial charge in [-0.05, 0) is 6.42 Å². The molecule has 2 nitrogen and oxygen atoms in total. The summed E-state index contributed by atoms with van der Waals surface area (Å²) in [6.07, 6.45) is 4.27. The molecule has 0 aliphatic carbocycles. The lowest BCUT2D eigenvalue weighted by Crippen LogP contribution is -2.11. The lowest BCUT2D eigenvalue weighted by Gasteiger charge is -1.93. The smallest absolute Gasteiger partial charge is 0.207 e. The number of rotatable bonds is 5. The van der Waals surface area contributed by atoms with Crippen LogP contribution in [0.1, 0.15) is 53.9 Å². The number of carbonyl (C=O) groups excluding carboxylic acids is 1. The summed E-state index contributed by atoms with van der Waals surface area (Å²) in [5.74, 6) is 0. The van der Waals surface area contributed by atoms with Gasteiger partial charge in [0, 0.05) is 6.54 Å². The predicted octanol–water partition coefficient (Wildman–Crippen LogP) is 2.98. The number of carbonyl (C=O) groups is 1. The summed E-state index contributed by atoms with van der Waals surface area (Å²) in [4.78, 5) is 9.66. The molecular weight excluding hydrogens is 150 g/mol. The Morgan fingerprint density at radius 2 is 1.58 bits per heavy atom. The molecule has 0 unspecified atom stereocenters. The van der Waals surface area contributed by atoms with E-state index in [0.29, 0.717) is 0 Å². The van der Waals surface area contributed by atoms with Gasteiger partial charge >= 0.3 is 0 Å². The van der Waals surface area contributed by atoms with Crippen molar-refractivity contribution in [3.05, 3.63) is 0 Å². The molecule has 0 radical (unpaired) electrons. The first kappa shape index (κ1) is 17.5. The van der Waals surface area contributed by atoms with Gasteiger partial charge in [0.25, 0.3) is 0 Å². The van der Waals surface area contributed by atoms with Crippen LogP contribution in [0.5, 0.6) is 0 Å². The highest BCUT2D eigenvalue weighted by atomic mass is 16.1. The second-order valence-electron chi connectivity index (χ2n) is 1.78. The van der Waals surface area contributed by atoms with Crippen molar-refractivity contribution in [1.82, 2.24) is 5.32 Å². The molecule has 0 rings (SSSR count). The Balaban J connectivity index is -0.000000175. The van der Waals surface area contributed by atoms with Gasteiger partial charge in [-0.25, -0.2) is 0 Å². The molecule has 0 aromatic carbocycles. The lowest BCUT2D eigenvalue weighted by molar-refractivity contribution is -0.109. The van der Waals surface area contributed by atoms with E-state index >= 15 is 0 Å². The molecule has 0 atom stereocenters. The van der Waals surface area contributed by atoms with Crippen LogP contribution < -0.4 is 5.32 Å². The van der Waals surface area contributed by atoms with E-state index in [2.05, 4.69) is 12.2 Å². The van der Waals surface area contributed by atoms with E-state index in [1.54, 1.807) is 0 Å². The van der Waals surface area contributed by atoms with Crippen molar-refractivity contribution in [2.24, 2.45) is 0 Å². The second kappa shape index (κ2) is 31.4. The Morgan fingerprint density at radius 1 is 1.08 bits per heavy atom. The van der Waals surface area contributed by atoms with Crippen molar-refractivity contribution in [3.63, 3.8) is 0 Å². The third-order valence-corrected chi connectivity index (χ3v) is 1.01. The van der Waals surface area contributed by atoms with Gasteiger partial charge < -0.3 is 5.32 Å². The Labute approximate surface area is 77.7 Å². The molecule has 1 amide bonds. The minimum absolute atomic E-state index is 0.746. The largest absolute Gasteiger partial charge is 0.359 e. The normalized spacial score (nSPS) is 6.75. The fourth-order valence-corrected chi connectivity index (χ4v) is 0.536. The summed E-state index contributed by atoms with van der Waals surface area (Å²) < 4.78 is 0. The van der Waals surface area contributed by atoms with Crippen LogP contribution in [0.4, 0.5) is 0 Å². The first-order chi connectivity index (χ1) is 5.91. The van der Waals surface area contributed by atoms with Gasteiger partial charge in [0.05, 0.1) is 0 Å². The quantitative estimate of drug-likeness (QED) is 0.505. The molecule has 2 heteroatoms. The van der Waals surface area contributed by atoms with Gasteiger partial charge in [-0.1, -0.05) is 47.5 Å². The van der Waals surface area contributed by atoms with Crippen molar-refractivity contribution in [2.45, 2.75) is 53.9 Å². The zero-order chi connectivity index (χ0) is 10.2. The molecule has 0 bridgehead atoms. The molecule has 0 saturated carbocycles. The van der Waals surface area contributed by atoms with Crippen LogP contribution in [0.3, 0.4) is 0 Å². The summed E-state index contributed by atoms with van der Waals surface area (Å²) in [5.41, 5.74) is 0. The second-order valence-corrected chi connectivity index (χ2v) is 1.78. The van der Waals surface area contributed by atoms with E-state index in [9.17, 15) is 4.79 Å². The standard InChI is InChI=1S/C6H13NO.2C2H6/c1-2-3-4-5-7-6-8;2*1-2/h6H,2-5H2,1H3,(H,7,8);2*1-2H3. The van der Waals surface area contributed by atoms with E-state index in [1.165, 1.54) is 12.8 Å². The maximum absolute atomic E-state index is 9.66. The molecule has 0 saturated heterocycles. The zero-order valence-electron chi connectivity index (χ0n) is 9.31. The summed E-state index contributed by atoms with van der Waals surface area (Å²) in [6, 6.07) is 0. The number of amides is 1. The van der Waals surface area contributed by atoms with Crippen LogP contribution in [0, 0.1) is 0 Å². The minimum atomic E-state index is 0.746.